The molecule has 15 heteroatoms. The Kier molecular flexibility index (Phi) is 7.73. The topological polar surface area (TPSA) is 169 Å². The second kappa shape index (κ2) is 10.6. The number of carbonyl (C=O) groups is 1. The van der Waals surface area contributed by atoms with Crippen LogP contribution in [0.4, 0.5) is 5.82 Å². The summed E-state index contributed by atoms with van der Waals surface area (Å²) < 4.78 is 66.3. The Hall–Kier alpha value is -3.50. The Morgan fingerprint density at radius 1 is 1.15 bits per heavy atom. The molecule has 2 bridgehead atoms. The second-order valence-electron chi connectivity index (χ2n) is 9.35. The van der Waals surface area contributed by atoms with Crippen molar-refractivity contribution < 1.29 is 35.6 Å². The van der Waals surface area contributed by atoms with Gasteiger partial charge in [0.2, 0.25) is 0 Å². The number of nitrogens with zero attached hydrogens (tertiary/aromatic N) is 2. The van der Waals surface area contributed by atoms with Gasteiger partial charge in [-0.3, -0.25) is 4.79 Å². The molecule has 0 atom stereocenters. The lowest BCUT2D eigenvalue weighted by Gasteiger charge is -2.30. The van der Waals surface area contributed by atoms with Crippen LogP contribution in [0.3, 0.4) is 0 Å². The molecule has 0 amide bonds. The van der Waals surface area contributed by atoms with E-state index in [2.05, 4.69) is 15.2 Å². The molecule has 3 N–H and O–H groups in total. The van der Waals surface area contributed by atoms with Gasteiger partial charge in [-0.05, 0) is 51.0 Å². The average molecular weight is 580 g/mol. The van der Waals surface area contributed by atoms with Gasteiger partial charge < -0.3 is 14.0 Å². The number of benzene rings is 1. The van der Waals surface area contributed by atoms with Crippen molar-refractivity contribution in [1.29, 1.82) is 0 Å². The van der Waals surface area contributed by atoms with Gasteiger partial charge in [-0.2, -0.15) is 27.0 Å². The molecule has 5 rings (SSSR count). The maximum Gasteiger partial charge on any atom is 0.326 e. The van der Waals surface area contributed by atoms with Gasteiger partial charge in [-0.25, -0.2) is 9.29 Å². The van der Waals surface area contributed by atoms with Crippen LogP contribution in [0.25, 0.3) is 16.7 Å². The third-order valence-corrected chi connectivity index (χ3v) is 9.34. The molecule has 0 saturated carbocycles. The summed E-state index contributed by atoms with van der Waals surface area (Å²) in [5, 5.41) is 1.04. The second-order valence-corrected chi connectivity index (χ2v) is 12.5. The number of aromatic nitrogens is 1. The van der Waals surface area contributed by atoms with E-state index in [4.69, 9.17) is 9.25 Å². The van der Waals surface area contributed by atoms with Gasteiger partial charge in [-0.15, -0.1) is 0 Å². The number of ether oxygens (including phenoxy) is 1. The molecular formula is C24H29N5O8S2. The predicted molar refractivity (Wildman–Crippen MR) is 143 cm³/mol. The number of hydroxylamine groups is 1. The van der Waals surface area contributed by atoms with Crippen molar-refractivity contribution in [3.63, 3.8) is 0 Å². The molecule has 1 aromatic carbocycles. The van der Waals surface area contributed by atoms with E-state index >= 15 is 0 Å². The molecule has 2 aromatic heterocycles. The molecule has 0 fully saturated rings. The molecule has 2 aliphatic rings. The van der Waals surface area contributed by atoms with Gasteiger partial charge in [0, 0.05) is 30.1 Å². The third-order valence-electron chi connectivity index (χ3n) is 5.98. The molecule has 210 valence electrons. The SMILES string of the molecule is COC(=O)C(C)(C)NS(=O)(=O)NS(=O)(=O)N1/C(=C/ONCCc2oc3c(C)cccc3c2C)c2ccc1nc2. The molecule has 0 saturated heterocycles. The van der Waals surface area contributed by atoms with Gasteiger partial charge in [0.05, 0.1) is 7.11 Å². The van der Waals surface area contributed by atoms with E-state index in [1.165, 1.54) is 26.1 Å². The normalized spacial score (nSPS) is 14.8. The Morgan fingerprint density at radius 2 is 1.90 bits per heavy atom. The highest BCUT2D eigenvalue weighted by atomic mass is 32.3. The predicted octanol–water partition coefficient (Wildman–Crippen LogP) is 1.95. The first-order valence-corrected chi connectivity index (χ1v) is 14.7. The summed E-state index contributed by atoms with van der Waals surface area (Å²) >= 11 is 0. The first kappa shape index (κ1) is 28.5. The number of aryl methyl sites for hydroxylation is 2. The minimum atomic E-state index is -4.77. The number of nitrogens with one attached hydrogen (secondary N) is 3. The van der Waals surface area contributed by atoms with E-state index in [9.17, 15) is 21.6 Å². The minimum Gasteiger partial charge on any atom is -0.468 e. The molecule has 13 nitrogen and oxygen atoms in total. The molecule has 2 aliphatic heterocycles. The van der Waals surface area contributed by atoms with Crippen molar-refractivity contribution in [1.82, 2.24) is 19.3 Å². The fourth-order valence-electron chi connectivity index (χ4n) is 4.09. The number of carbonyl (C=O) groups excluding carboxylic acids is 1. The van der Waals surface area contributed by atoms with Gasteiger partial charge in [-0.1, -0.05) is 22.3 Å². The number of rotatable bonds is 11. The maximum atomic E-state index is 13.2. The molecule has 0 unspecified atom stereocenters. The lowest BCUT2D eigenvalue weighted by atomic mass is 10.1. The summed E-state index contributed by atoms with van der Waals surface area (Å²) in [6.45, 7) is 6.75. The number of hydrogen-bond donors (Lipinski definition) is 3. The summed E-state index contributed by atoms with van der Waals surface area (Å²) in [5.41, 5.74) is 4.28. The fourth-order valence-corrected chi connectivity index (χ4v) is 7.18. The zero-order valence-electron chi connectivity index (χ0n) is 21.9. The quantitative estimate of drug-likeness (QED) is 0.132. The molecule has 3 aromatic rings. The van der Waals surface area contributed by atoms with E-state index < -0.39 is 31.9 Å². The molecular weight excluding hydrogens is 550 g/mol. The minimum absolute atomic E-state index is 0.0143. The van der Waals surface area contributed by atoms with Crippen LogP contribution in [-0.2, 0) is 41.2 Å². The first-order valence-electron chi connectivity index (χ1n) is 11.7. The number of para-hydroxylation sites is 1. The van der Waals surface area contributed by atoms with Crippen LogP contribution in [0.5, 0.6) is 0 Å². The highest BCUT2D eigenvalue weighted by Gasteiger charge is 2.39. The number of hydrogen-bond acceptors (Lipinski definition) is 10. The van der Waals surface area contributed by atoms with Crippen LogP contribution in [0.1, 0.15) is 36.3 Å². The zero-order chi connectivity index (χ0) is 28.6. The lowest BCUT2D eigenvalue weighted by Crippen LogP contribution is -2.56. The number of pyridine rings is 1. The monoisotopic (exact) mass is 579 g/mol. The number of methoxy groups -OCH3 is 1. The van der Waals surface area contributed by atoms with Crippen LogP contribution in [-0.4, -0.2) is 47.0 Å². The summed E-state index contributed by atoms with van der Waals surface area (Å²) in [6, 6.07) is 8.96. The highest BCUT2D eigenvalue weighted by molar-refractivity contribution is 8.04. The van der Waals surface area contributed by atoms with E-state index in [-0.39, 0.29) is 11.5 Å². The maximum absolute atomic E-state index is 13.2. The molecule has 4 heterocycles. The largest absolute Gasteiger partial charge is 0.468 e. The van der Waals surface area contributed by atoms with Gasteiger partial charge in [0.15, 0.2) is 0 Å². The van der Waals surface area contributed by atoms with Crippen molar-refractivity contribution >= 4 is 48.9 Å². The van der Waals surface area contributed by atoms with E-state index in [1.54, 1.807) is 10.2 Å². The first-order chi connectivity index (χ1) is 18.3. The molecule has 0 aliphatic carbocycles. The molecule has 0 spiro atoms. The molecule has 0 radical (unpaired) electrons. The lowest BCUT2D eigenvalue weighted by molar-refractivity contribution is -0.146. The van der Waals surface area contributed by atoms with Gasteiger partial charge >= 0.3 is 16.2 Å². The van der Waals surface area contributed by atoms with Gasteiger partial charge in [0.25, 0.3) is 10.2 Å². The standard InChI is InChI=1S/C24H29N5O8S2/c1-15-7-6-8-18-16(2)20(37-22(15)18)11-12-26-36-14-19-17-9-10-21(25-13-17)29(19)39(33,34)28-38(31,32)27-24(3,4)23(30)35-5/h6-10,13-14,26-28H,11-12H2,1-5H3/b19-14+. The van der Waals surface area contributed by atoms with Crippen LogP contribution in [0.2, 0.25) is 0 Å². The van der Waals surface area contributed by atoms with E-state index in [1.807, 2.05) is 36.8 Å². The van der Waals surface area contributed by atoms with E-state index in [0.29, 0.717) is 22.8 Å². The summed E-state index contributed by atoms with van der Waals surface area (Å²) in [6.07, 6.45) is 3.06. The van der Waals surface area contributed by atoms with Crippen molar-refractivity contribution in [2.45, 2.75) is 39.7 Å². The van der Waals surface area contributed by atoms with E-state index in [0.717, 1.165) is 41.2 Å². The average Bonchev–Trinajstić information content (AvgIpc) is 3.19. The zero-order valence-corrected chi connectivity index (χ0v) is 23.6. The number of anilines is 1. The number of esters is 1. The smallest absolute Gasteiger partial charge is 0.326 e. The summed E-state index contributed by atoms with van der Waals surface area (Å²) in [7, 11) is -8.43. The summed E-state index contributed by atoms with van der Waals surface area (Å²) in [4.78, 5) is 21.3. The van der Waals surface area contributed by atoms with Gasteiger partial charge in [0.1, 0.15) is 34.7 Å². The Labute approximate surface area is 226 Å². The Bertz CT molecular complexity index is 1650. The van der Waals surface area contributed by atoms with Crippen molar-refractivity contribution in [3.05, 3.63) is 65.2 Å². The van der Waals surface area contributed by atoms with Crippen LogP contribution < -0.4 is 18.6 Å². The highest BCUT2D eigenvalue weighted by Crippen LogP contribution is 2.33. The van der Waals surface area contributed by atoms with Crippen molar-refractivity contribution in [2.75, 3.05) is 18.0 Å². The number of furan rings is 1. The molecule has 39 heavy (non-hydrogen) atoms. The Morgan fingerprint density at radius 3 is 2.54 bits per heavy atom. The van der Waals surface area contributed by atoms with Crippen molar-refractivity contribution in [3.8, 4) is 0 Å². The Balaban J connectivity index is 1.46. The fraction of sp³-hybridized carbons (Fsp3) is 0.333. The third kappa shape index (κ3) is 5.91. The van der Waals surface area contributed by atoms with Crippen LogP contribution in [0.15, 0.2) is 47.2 Å². The van der Waals surface area contributed by atoms with Crippen LogP contribution in [0, 0.1) is 13.8 Å². The van der Waals surface area contributed by atoms with Crippen LogP contribution >= 0.6 is 0 Å². The van der Waals surface area contributed by atoms with Crippen molar-refractivity contribution in [2.24, 2.45) is 0 Å². The summed E-state index contributed by atoms with van der Waals surface area (Å²) in [5.74, 6) is -0.184. The number of fused-ring (bicyclic) bond motifs is 4.